The normalized spacial score (nSPS) is 10.4. The molecule has 0 atom stereocenters. The number of nitro benzene ring substituents is 1. The van der Waals surface area contributed by atoms with Gasteiger partial charge in [0.25, 0.3) is 5.69 Å². The van der Waals surface area contributed by atoms with Crippen LogP contribution < -0.4 is 10.1 Å². The van der Waals surface area contributed by atoms with Crippen LogP contribution in [0.3, 0.4) is 0 Å². The number of aryl methyl sites for hydroxylation is 1. The number of halogens is 1. The molecule has 138 valence electrons. The first-order chi connectivity index (χ1) is 12.9. The Morgan fingerprint density at radius 3 is 2.59 bits per heavy atom. The maximum absolute atomic E-state index is 12.2. The summed E-state index contributed by atoms with van der Waals surface area (Å²) in [4.78, 5) is 22.8. The molecule has 1 heterocycles. The van der Waals surface area contributed by atoms with E-state index in [0.717, 1.165) is 5.69 Å². The van der Waals surface area contributed by atoms with E-state index in [1.54, 1.807) is 36.5 Å². The second-order valence-corrected chi connectivity index (χ2v) is 6.17. The zero-order valence-corrected chi connectivity index (χ0v) is 15.0. The predicted molar refractivity (Wildman–Crippen MR) is 100 cm³/mol. The van der Waals surface area contributed by atoms with Crippen LogP contribution in [0, 0.1) is 17.0 Å². The molecule has 0 aliphatic carbocycles. The second-order valence-electron chi connectivity index (χ2n) is 5.73. The van der Waals surface area contributed by atoms with Crippen molar-refractivity contribution in [2.45, 2.75) is 13.5 Å². The van der Waals surface area contributed by atoms with Gasteiger partial charge in [-0.25, -0.2) is 0 Å². The zero-order valence-electron chi connectivity index (χ0n) is 14.3. The van der Waals surface area contributed by atoms with Gasteiger partial charge in [0.05, 0.1) is 22.4 Å². The molecule has 0 spiro atoms. The van der Waals surface area contributed by atoms with Crippen molar-refractivity contribution in [2.24, 2.45) is 0 Å². The van der Waals surface area contributed by atoms with Crippen LogP contribution in [0.2, 0.25) is 5.02 Å². The number of carbonyl (C=O) groups is 1. The summed E-state index contributed by atoms with van der Waals surface area (Å²) in [5.74, 6) is 0.317. The maximum Gasteiger partial charge on any atom is 0.275 e. The highest BCUT2D eigenvalue weighted by atomic mass is 35.5. The molecule has 1 aromatic heterocycles. The van der Waals surface area contributed by atoms with Gasteiger partial charge in [-0.3, -0.25) is 19.6 Å². The van der Waals surface area contributed by atoms with Gasteiger partial charge in [-0.15, -0.1) is 0 Å². The van der Waals surface area contributed by atoms with Crippen molar-refractivity contribution in [1.82, 2.24) is 9.78 Å². The molecule has 0 aliphatic rings. The third-order valence-corrected chi connectivity index (χ3v) is 3.77. The smallest absolute Gasteiger partial charge is 0.275 e. The number of carbonyl (C=O) groups excluding carboxylic acids is 1. The van der Waals surface area contributed by atoms with E-state index in [0.29, 0.717) is 10.8 Å². The fourth-order valence-electron chi connectivity index (χ4n) is 2.36. The lowest BCUT2D eigenvalue weighted by molar-refractivity contribution is -0.384. The number of rotatable bonds is 6. The van der Waals surface area contributed by atoms with Crippen molar-refractivity contribution in [3.8, 4) is 11.5 Å². The number of nitrogens with one attached hydrogen (secondary N) is 1. The predicted octanol–water partition coefficient (Wildman–Crippen LogP) is 4.18. The van der Waals surface area contributed by atoms with Crippen LogP contribution in [0.4, 0.5) is 11.4 Å². The average molecular weight is 387 g/mol. The Kier molecular flexibility index (Phi) is 5.37. The Hall–Kier alpha value is -3.39. The van der Waals surface area contributed by atoms with Crippen LogP contribution in [-0.2, 0) is 11.3 Å². The van der Waals surface area contributed by atoms with Crippen LogP contribution in [0.25, 0.3) is 0 Å². The number of amides is 1. The number of benzene rings is 2. The van der Waals surface area contributed by atoms with Gasteiger partial charge >= 0.3 is 0 Å². The van der Waals surface area contributed by atoms with Gasteiger partial charge in [0.2, 0.25) is 5.91 Å². The number of hydrogen-bond donors (Lipinski definition) is 1. The first-order valence-electron chi connectivity index (χ1n) is 7.92. The molecule has 1 amide bonds. The lowest BCUT2D eigenvalue weighted by Crippen LogP contribution is -2.19. The van der Waals surface area contributed by atoms with Gasteiger partial charge < -0.3 is 10.1 Å². The minimum atomic E-state index is -0.554. The van der Waals surface area contributed by atoms with Crippen molar-refractivity contribution in [3.63, 3.8) is 0 Å². The van der Waals surface area contributed by atoms with Gasteiger partial charge in [0, 0.05) is 23.4 Å². The maximum atomic E-state index is 12.2. The van der Waals surface area contributed by atoms with Gasteiger partial charge in [0.1, 0.15) is 18.0 Å². The standard InChI is InChI=1S/C18H15ClN4O4/c1-12-6-7-22(21-12)11-18(24)20-14-8-15(23(25)26)10-17(9-14)27-16-4-2-13(19)3-5-16/h2-10H,11H2,1H3,(H,20,24). The molecule has 27 heavy (non-hydrogen) atoms. The molecule has 1 N–H and O–H groups in total. The second kappa shape index (κ2) is 7.88. The van der Waals surface area contributed by atoms with Crippen LogP contribution in [-0.4, -0.2) is 20.6 Å². The highest BCUT2D eigenvalue weighted by Crippen LogP contribution is 2.30. The van der Waals surface area contributed by atoms with E-state index < -0.39 is 4.92 Å². The van der Waals surface area contributed by atoms with Gasteiger partial charge in [-0.2, -0.15) is 5.10 Å². The number of ether oxygens (including phenoxy) is 1. The number of nitrogens with zero attached hydrogens (tertiary/aromatic N) is 3. The SMILES string of the molecule is Cc1ccn(CC(=O)Nc2cc(Oc3ccc(Cl)cc3)cc([N+](=O)[O-])c2)n1. The van der Waals surface area contributed by atoms with E-state index in [1.807, 2.05) is 6.92 Å². The molecule has 0 radical (unpaired) electrons. The largest absolute Gasteiger partial charge is 0.457 e. The van der Waals surface area contributed by atoms with Crippen molar-refractivity contribution >= 4 is 28.9 Å². The van der Waals surface area contributed by atoms with Crippen molar-refractivity contribution in [1.29, 1.82) is 0 Å². The quantitative estimate of drug-likeness (QED) is 0.506. The Bertz CT molecular complexity index is 985. The van der Waals surface area contributed by atoms with Gasteiger partial charge in [0.15, 0.2) is 0 Å². The number of anilines is 1. The summed E-state index contributed by atoms with van der Waals surface area (Å²) in [7, 11) is 0. The summed E-state index contributed by atoms with van der Waals surface area (Å²) in [6.07, 6.45) is 1.68. The van der Waals surface area contributed by atoms with E-state index in [9.17, 15) is 14.9 Å². The van der Waals surface area contributed by atoms with Crippen molar-refractivity contribution in [2.75, 3.05) is 5.32 Å². The number of nitro groups is 1. The third kappa shape index (κ3) is 5.05. The highest BCUT2D eigenvalue weighted by molar-refractivity contribution is 6.30. The van der Waals surface area contributed by atoms with Gasteiger partial charge in [-0.1, -0.05) is 11.6 Å². The van der Waals surface area contributed by atoms with Gasteiger partial charge in [-0.05, 0) is 37.3 Å². The number of hydrogen-bond acceptors (Lipinski definition) is 5. The Morgan fingerprint density at radius 1 is 1.22 bits per heavy atom. The minimum Gasteiger partial charge on any atom is -0.457 e. The summed E-state index contributed by atoms with van der Waals surface area (Å²) in [6.45, 7) is 1.80. The molecule has 2 aromatic carbocycles. The molecule has 0 fully saturated rings. The molecule has 0 bridgehead atoms. The molecule has 9 heteroatoms. The summed E-state index contributed by atoms with van der Waals surface area (Å²) < 4.78 is 7.12. The zero-order chi connectivity index (χ0) is 19.4. The molecular weight excluding hydrogens is 372 g/mol. The molecule has 8 nitrogen and oxygen atoms in total. The lowest BCUT2D eigenvalue weighted by atomic mass is 10.2. The van der Waals surface area contributed by atoms with E-state index >= 15 is 0 Å². The fraction of sp³-hybridized carbons (Fsp3) is 0.111. The van der Waals surface area contributed by atoms with Crippen LogP contribution in [0.1, 0.15) is 5.69 Å². The number of non-ortho nitro benzene ring substituents is 1. The molecule has 0 saturated heterocycles. The van der Waals surface area contributed by atoms with Crippen LogP contribution in [0.5, 0.6) is 11.5 Å². The molecule has 0 unspecified atom stereocenters. The monoisotopic (exact) mass is 386 g/mol. The minimum absolute atomic E-state index is 0.0100. The molecule has 3 aromatic rings. The topological polar surface area (TPSA) is 99.3 Å². The van der Waals surface area contributed by atoms with Crippen molar-refractivity contribution < 1.29 is 14.5 Å². The van der Waals surface area contributed by atoms with Crippen LogP contribution >= 0.6 is 11.6 Å². The first-order valence-corrected chi connectivity index (χ1v) is 8.30. The lowest BCUT2D eigenvalue weighted by Gasteiger charge is -2.10. The summed E-state index contributed by atoms with van der Waals surface area (Å²) in [5.41, 5.74) is 0.838. The third-order valence-electron chi connectivity index (χ3n) is 3.51. The Morgan fingerprint density at radius 2 is 1.96 bits per heavy atom. The van der Waals surface area contributed by atoms with E-state index in [-0.39, 0.29) is 29.6 Å². The fourth-order valence-corrected chi connectivity index (χ4v) is 2.48. The first kappa shape index (κ1) is 18.4. The Labute approximate surface area is 159 Å². The average Bonchev–Trinajstić information content (AvgIpc) is 3.01. The van der Waals surface area contributed by atoms with E-state index in [1.165, 1.54) is 22.9 Å². The summed E-state index contributed by atoms with van der Waals surface area (Å²) in [5, 5.41) is 18.5. The Balaban J connectivity index is 1.79. The highest BCUT2D eigenvalue weighted by Gasteiger charge is 2.13. The van der Waals surface area contributed by atoms with E-state index in [4.69, 9.17) is 16.3 Å². The van der Waals surface area contributed by atoms with Crippen molar-refractivity contribution in [3.05, 3.63) is 75.6 Å². The molecular formula is C18H15ClN4O4. The molecule has 3 rings (SSSR count). The number of aromatic nitrogens is 2. The van der Waals surface area contributed by atoms with Crippen LogP contribution in [0.15, 0.2) is 54.7 Å². The van der Waals surface area contributed by atoms with E-state index in [2.05, 4.69) is 10.4 Å². The summed E-state index contributed by atoms with van der Waals surface area (Å²) >= 11 is 5.83. The molecule has 0 saturated carbocycles. The molecule has 0 aliphatic heterocycles. The summed E-state index contributed by atoms with van der Waals surface area (Å²) in [6, 6.07) is 12.4.